The molecule has 0 heterocycles. The van der Waals surface area contributed by atoms with Gasteiger partial charge in [-0.3, -0.25) is 4.79 Å². The van der Waals surface area contributed by atoms with Crippen LogP contribution in [0.1, 0.15) is 16.8 Å². The lowest BCUT2D eigenvalue weighted by Crippen LogP contribution is -2.37. The molecule has 0 saturated heterocycles. The number of nitrogens with two attached hydrogens (primary N) is 2. The molecular formula is C15H18N2O. The maximum Gasteiger partial charge on any atom is 0.192 e. The van der Waals surface area contributed by atoms with Crippen LogP contribution in [0.2, 0.25) is 0 Å². The molecule has 3 heteroatoms. The Balaban J connectivity index is 2.17. The van der Waals surface area contributed by atoms with E-state index in [4.69, 9.17) is 11.5 Å². The zero-order valence-corrected chi connectivity index (χ0v) is 10.3. The van der Waals surface area contributed by atoms with Gasteiger partial charge >= 0.3 is 0 Å². The zero-order valence-electron chi connectivity index (χ0n) is 10.3. The Hall–Kier alpha value is -1.71. The van der Waals surface area contributed by atoms with Crippen LogP contribution in [0.3, 0.4) is 0 Å². The van der Waals surface area contributed by atoms with E-state index in [1.54, 1.807) is 0 Å². The van der Waals surface area contributed by atoms with Crippen LogP contribution < -0.4 is 11.5 Å². The number of hydrogen-bond donors (Lipinski definition) is 2. The minimum atomic E-state index is -0.180. The summed E-state index contributed by atoms with van der Waals surface area (Å²) in [5.41, 5.74) is 12.7. The van der Waals surface area contributed by atoms with Crippen LogP contribution >= 0.6 is 0 Å². The van der Waals surface area contributed by atoms with E-state index in [-0.39, 0.29) is 11.2 Å². The monoisotopic (exact) mass is 242 g/mol. The third-order valence-corrected chi connectivity index (χ3v) is 3.46. The lowest BCUT2D eigenvalue weighted by atomic mass is 9.79. The fraction of sp³-hybridized carbons (Fsp3) is 0.267. The van der Waals surface area contributed by atoms with Crippen molar-refractivity contribution in [2.24, 2.45) is 16.9 Å². The Morgan fingerprint density at radius 1 is 1.17 bits per heavy atom. The number of ketones is 1. The maximum absolute atomic E-state index is 12.2. The number of rotatable bonds is 4. The van der Waals surface area contributed by atoms with Crippen LogP contribution in [-0.4, -0.2) is 18.9 Å². The molecule has 0 atom stereocenters. The van der Waals surface area contributed by atoms with Gasteiger partial charge in [0, 0.05) is 29.6 Å². The molecule has 0 unspecified atom stereocenters. The van der Waals surface area contributed by atoms with Gasteiger partial charge in [-0.2, -0.15) is 0 Å². The first-order chi connectivity index (χ1) is 8.71. The van der Waals surface area contributed by atoms with E-state index in [2.05, 4.69) is 0 Å². The molecular weight excluding hydrogens is 224 g/mol. The van der Waals surface area contributed by atoms with E-state index in [1.165, 1.54) is 0 Å². The SMILES string of the molecule is NCC1(CN)C=CC(C(=O)c2ccccc2)=CC1. The summed E-state index contributed by atoms with van der Waals surface area (Å²) >= 11 is 0. The number of hydrogen-bond acceptors (Lipinski definition) is 3. The van der Waals surface area contributed by atoms with Gasteiger partial charge in [-0.15, -0.1) is 0 Å². The number of carbonyl (C=O) groups is 1. The van der Waals surface area contributed by atoms with Crippen molar-refractivity contribution in [1.82, 2.24) is 0 Å². The van der Waals surface area contributed by atoms with E-state index < -0.39 is 0 Å². The molecule has 1 aromatic rings. The van der Waals surface area contributed by atoms with Crippen LogP contribution in [0, 0.1) is 5.41 Å². The molecule has 1 aromatic carbocycles. The highest BCUT2D eigenvalue weighted by molar-refractivity contribution is 6.10. The molecule has 0 amide bonds. The standard InChI is InChI=1S/C15H18N2O/c16-10-15(11-17)8-6-13(7-9-15)14(18)12-4-2-1-3-5-12/h1-8H,9-11,16-17H2. The molecule has 1 aliphatic carbocycles. The van der Waals surface area contributed by atoms with Gasteiger partial charge < -0.3 is 11.5 Å². The Morgan fingerprint density at radius 3 is 2.33 bits per heavy atom. The highest BCUT2D eigenvalue weighted by Crippen LogP contribution is 2.28. The normalized spacial score (nSPS) is 17.3. The fourth-order valence-electron chi connectivity index (χ4n) is 2.03. The molecule has 0 aliphatic heterocycles. The first kappa shape index (κ1) is 12.7. The highest BCUT2D eigenvalue weighted by atomic mass is 16.1. The smallest absolute Gasteiger partial charge is 0.192 e. The predicted octanol–water partition coefficient (Wildman–Crippen LogP) is 1.66. The van der Waals surface area contributed by atoms with E-state index >= 15 is 0 Å². The summed E-state index contributed by atoms with van der Waals surface area (Å²) in [5.74, 6) is 0.0505. The Bertz CT molecular complexity index is 484. The first-order valence-electron chi connectivity index (χ1n) is 6.10. The van der Waals surface area contributed by atoms with Crippen LogP contribution in [0.4, 0.5) is 0 Å². The minimum Gasteiger partial charge on any atom is -0.330 e. The van der Waals surface area contributed by atoms with Crippen molar-refractivity contribution in [2.75, 3.05) is 13.1 Å². The van der Waals surface area contributed by atoms with Crippen LogP contribution in [-0.2, 0) is 0 Å². The largest absolute Gasteiger partial charge is 0.330 e. The lowest BCUT2D eigenvalue weighted by Gasteiger charge is -2.29. The van der Waals surface area contributed by atoms with Gasteiger partial charge in [0.1, 0.15) is 0 Å². The molecule has 0 spiro atoms. The number of Topliss-reactive ketones (excluding diaryl/α,β-unsaturated/α-hetero) is 1. The molecule has 4 N–H and O–H groups in total. The minimum absolute atomic E-state index is 0.0505. The van der Waals surface area contributed by atoms with Gasteiger partial charge in [-0.25, -0.2) is 0 Å². The summed E-state index contributed by atoms with van der Waals surface area (Å²) in [6, 6.07) is 9.28. The van der Waals surface area contributed by atoms with E-state index in [0.29, 0.717) is 18.7 Å². The second kappa shape index (κ2) is 5.29. The Labute approximate surface area is 107 Å². The third-order valence-electron chi connectivity index (χ3n) is 3.46. The summed E-state index contributed by atoms with van der Waals surface area (Å²) in [4.78, 5) is 12.2. The van der Waals surface area contributed by atoms with Crippen molar-refractivity contribution in [3.05, 3.63) is 59.7 Å². The molecule has 2 rings (SSSR count). The van der Waals surface area contributed by atoms with E-state index in [1.807, 2.05) is 48.6 Å². The molecule has 3 nitrogen and oxygen atoms in total. The molecule has 0 aromatic heterocycles. The van der Waals surface area contributed by atoms with Gasteiger partial charge in [0.2, 0.25) is 0 Å². The van der Waals surface area contributed by atoms with Gasteiger partial charge in [-0.05, 0) is 6.42 Å². The van der Waals surface area contributed by atoms with Crippen molar-refractivity contribution in [1.29, 1.82) is 0 Å². The maximum atomic E-state index is 12.2. The first-order valence-corrected chi connectivity index (χ1v) is 6.10. The van der Waals surface area contributed by atoms with Gasteiger partial charge in [0.15, 0.2) is 5.78 Å². The molecule has 18 heavy (non-hydrogen) atoms. The Kier molecular flexibility index (Phi) is 3.75. The average molecular weight is 242 g/mol. The van der Waals surface area contributed by atoms with Crippen molar-refractivity contribution in [3.8, 4) is 0 Å². The second-order valence-electron chi connectivity index (χ2n) is 4.66. The third kappa shape index (κ3) is 2.42. The quantitative estimate of drug-likeness (QED) is 0.789. The van der Waals surface area contributed by atoms with Gasteiger partial charge in [-0.1, -0.05) is 48.6 Å². The molecule has 1 aliphatic rings. The van der Waals surface area contributed by atoms with Crippen molar-refractivity contribution < 1.29 is 4.79 Å². The number of benzene rings is 1. The van der Waals surface area contributed by atoms with Crippen molar-refractivity contribution in [2.45, 2.75) is 6.42 Å². The van der Waals surface area contributed by atoms with Crippen LogP contribution in [0.15, 0.2) is 54.1 Å². The van der Waals surface area contributed by atoms with Crippen LogP contribution in [0.25, 0.3) is 0 Å². The summed E-state index contributed by atoms with van der Waals surface area (Å²) in [6.07, 6.45) is 6.49. The molecule has 0 fully saturated rings. The van der Waals surface area contributed by atoms with Gasteiger partial charge in [0.05, 0.1) is 0 Å². The molecule has 0 radical (unpaired) electrons. The predicted molar refractivity (Wildman–Crippen MR) is 73.2 cm³/mol. The van der Waals surface area contributed by atoms with Gasteiger partial charge in [0.25, 0.3) is 0 Å². The molecule has 94 valence electrons. The van der Waals surface area contributed by atoms with Crippen molar-refractivity contribution in [3.63, 3.8) is 0 Å². The summed E-state index contributed by atoms with van der Waals surface area (Å²) in [7, 11) is 0. The molecule has 0 bridgehead atoms. The van der Waals surface area contributed by atoms with Crippen molar-refractivity contribution >= 4 is 5.78 Å². The average Bonchev–Trinajstić information content (AvgIpc) is 2.47. The summed E-state index contributed by atoms with van der Waals surface area (Å²) in [6.45, 7) is 1.01. The topological polar surface area (TPSA) is 69.1 Å². The second-order valence-corrected chi connectivity index (χ2v) is 4.66. The summed E-state index contributed by atoms with van der Waals surface area (Å²) in [5, 5.41) is 0. The summed E-state index contributed by atoms with van der Waals surface area (Å²) < 4.78 is 0. The van der Waals surface area contributed by atoms with E-state index in [0.717, 1.165) is 12.0 Å². The lowest BCUT2D eigenvalue weighted by molar-refractivity contribution is 0.103. The number of allylic oxidation sites excluding steroid dienone is 3. The zero-order chi connectivity index (χ0) is 13.0. The van der Waals surface area contributed by atoms with E-state index in [9.17, 15) is 4.79 Å². The molecule has 0 saturated carbocycles. The van der Waals surface area contributed by atoms with Crippen LogP contribution in [0.5, 0.6) is 0 Å². The fourth-order valence-corrected chi connectivity index (χ4v) is 2.03. The number of carbonyl (C=O) groups excluding carboxylic acids is 1. The highest BCUT2D eigenvalue weighted by Gasteiger charge is 2.26. The Morgan fingerprint density at radius 2 is 1.83 bits per heavy atom.